The van der Waals surface area contributed by atoms with Gasteiger partial charge in [-0.1, -0.05) is 30.7 Å². The topological polar surface area (TPSA) is 54.1 Å². The molecule has 5 nitrogen and oxygen atoms in total. The Kier molecular flexibility index (Phi) is 4.63. The van der Waals surface area contributed by atoms with E-state index in [2.05, 4.69) is 46.1 Å². The first-order valence-corrected chi connectivity index (χ1v) is 10.4. The highest BCUT2D eigenvalue weighted by atomic mass is 16.5. The molecule has 0 saturated heterocycles. The van der Waals surface area contributed by atoms with Crippen LogP contribution in [0.1, 0.15) is 36.3 Å². The van der Waals surface area contributed by atoms with Gasteiger partial charge in [-0.25, -0.2) is 4.85 Å². The summed E-state index contributed by atoms with van der Waals surface area (Å²) in [7, 11) is 1.68. The molecule has 0 bridgehead atoms. The predicted octanol–water partition coefficient (Wildman–Crippen LogP) is 5.98. The number of anilines is 2. The van der Waals surface area contributed by atoms with Crippen molar-refractivity contribution in [1.29, 1.82) is 0 Å². The molecular formula is C26H22N2O3. The zero-order valence-electron chi connectivity index (χ0n) is 17.2. The summed E-state index contributed by atoms with van der Waals surface area (Å²) in [6, 6.07) is 19.1. The average molecular weight is 410 g/mol. The van der Waals surface area contributed by atoms with Crippen molar-refractivity contribution in [2.75, 3.05) is 12.0 Å². The van der Waals surface area contributed by atoms with Gasteiger partial charge < -0.3 is 14.7 Å². The van der Waals surface area contributed by atoms with Crippen LogP contribution in [0.25, 0.3) is 21.7 Å². The Labute approximate surface area is 181 Å². The van der Waals surface area contributed by atoms with Gasteiger partial charge in [-0.3, -0.25) is 4.79 Å². The molecule has 5 heteroatoms. The van der Waals surface area contributed by atoms with Crippen LogP contribution in [-0.4, -0.2) is 24.2 Å². The highest BCUT2D eigenvalue weighted by Crippen LogP contribution is 2.52. The van der Waals surface area contributed by atoms with Crippen molar-refractivity contribution in [2.24, 2.45) is 0 Å². The number of ether oxygens (including phenoxy) is 1. The van der Waals surface area contributed by atoms with Crippen LogP contribution >= 0.6 is 0 Å². The van der Waals surface area contributed by atoms with E-state index in [1.807, 2.05) is 18.2 Å². The molecule has 1 N–H and O–H groups in total. The van der Waals surface area contributed by atoms with E-state index in [1.165, 1.54) is 34.8 Å². The molecule has 154 valence electrons. The van der Waals surface area contributed by atoms with Gasteiger partial charge in [-0.15, -0.1) is 0 Å². The lowest BCUT2D eigenvalue weighted by Gasteiger charge is -2.27. The van der Waals surface area contributed by atoms with Crippen molar-refractivity contribution in [1.82, 2.24) is 0 Å². The second-order valence-electron chi connectivity index (χ2n) is 8.14. The number of methoxy groups -OCH3 is 1. The zero-order chi connectivity index (χ0) is 21.5. The Morgan fingerprint density at radius 1 is 1.13 bits per heavy atom. The summed E-state index contributed by atoms with van der Waals surface area (Å²) < 4.78 is 5.35. The van der Waals surface area contributed by atoms with Gasteiger partial charge in [-0.05, 0) is 71.1 Å². The second kappa shape index (κ2) is 7.48. The summed E-state index contributed by atoms with van der Waals surface area (Å²) in [6.45, 7) is 7.11. The molecule has 2 atom stereocenters. The molecule has 0 spiro atoms. The van der Waals surface area contributed by atoms with Gasteiger partial charge in [-0.2, -0.15) is 0 Å². The van der Waals surface area contributed by atoms with E-state index in [0.29, 0.717) is 12.0 Å². The van der Waals surface area contributed by atoms with E-state index in [0.717, 1.165) is 29.5 Å². The summed E-state index contributed by atoms with van der Waals surface area (Å²) in [5.74, 6) is 0.0862. The maximum Gasteiger partial charge on any atom is 0.333 e. The number of hydrogen-bond donors (Lipinski definition) is 1. The van der Waals surface area contributed by atoms with Crippen LogP contribution in [0, 0.1) is 6.57 Å². The van der Waals surface area contributed by atoms with Gasteiger partial charge in [0.05, 0.1) is 13.7 Å². The quantitative estimate of drug-likeness (QED) is 0.425. The van der Waals surface area contributed by atoms with Crippen molar-refractivity contribution < 1.29 is 14.6 Å². The third kappa shape index (κ3) is 3.21. The maximum absolute atomic E-state index is 11.2. The van der Waals surface area contributed by atoms with Gasteiger partial charge in [0.15, 0.2) is 0 Å². The predicted molar refractivity (Wildman–Crippen MR) is 122 cm³/mol. The van der Waals surface area contributed by atoms with Crippen molar-refractivity contribution in [3.63, 3.8) is 0 Å². The molecule has 1 heterocycles. The molecule has 1 saturated carbocycles. The highest BCUT2D eigenvalue weighted by Gasteiger charge is 2.42. The van der Waals surface area contributed by atoms with Gasteiger partial charge in [0.1, 0.15) is 5.75 Å². The Morgan fingerprint density at radius 2 is 1.94 bits per heavy atom. The summed E-state index contributed by atoms with van der Waals surface area (Å²) in [5.41, 5.74) is 4.11. The Hall–Kier alpha value is -3.78. The number of carboxylic acids is 1. The highest BCUT2D eigenvalue weighted by molar-refractivity contribution is 5.94. The van der Waals surface area contributed by atoms with E-state index < -0.39 is 5.97 Å². The van der Waals surface area contributed by atoms with Gasteiger partial charge in [0.25, 0.3) is 5.70 Å². The Balaban J connectivity index is 1.58. The number of rotatable bonds is 4. The monoisotopic (exact) mass is 410 g/mol. The Bertz CT molecular complexity index is 1270. The third-order valence-electron chi connectivity index (χ3n) is 6.47. The number of benzene rings is 3. The lowest BCUT2D eigenvalue weighted by Crippen LogP contribution is -2.26. The molecule has 0 radical (unpaired) electrons. The summed E-state index contributed by atoms with van der Waals surface area (Å²) >= 11 is 0. The number of carboxylic acid groups (broad SMARTS) is 1. The lowest BCUT2D eigenvalue weighted by molar-refractivity contribution is -0.132. The van der Waals surface area contributed by atoms with Crippen molar-refractivity contribution in [2.45, 2.75) is 31.2 Å². The molecule has 3 aromatic rings. The van der Waals surface area contributed by atoms with Crippen LogP contribution in [0.15, 0.2) is 60.3 Å². The average Bonchev–Trinajstić information content (AvgIpc) is 3.37. The lowest BCUT2D eigenvalue weighted by atomic mass is 9.96. The number of fused-ring (bicyclic) bond motifs is 4. The maximum atomic E-state index is 11.2. The van der Waals surface area contributed by atoms with E-state index >= 15 is 0 Å². The number of hydrogen-bond acceptors (Lipinski definition) is 3. The molecule has 5 rings (SSSR count). The fraction of sp³-hybridized carbons (Fsp3) is 0.231. The molecule has 31 heavy (non-hydrogen) atoms. The third-order valence-corrected chi connectivity index (χ3v) is 6.47. The molecule has 0 aromatic heterocycles. The van der Waals surface area contributed by atoms with Crippen LogP contribution in [0.2, 0.25) is 0 Å². The van der Waals surface area contributed by atoms with Crippen LogP contribution in [0.4, 0.5) is 11.4 Å². The minimum Gasteiger partial charge on any atom is -0.497 e. The summed E-state index contributed by atoms with van der Waals surface area (Å²) in [4.78, 5) is 16.8. The molecule has 3 aromatic carbocycles. The Morgan fingerprint density at radius 3 is 2.71 bits per heavy atom. The number of nitrogens with zero attached hydrogens (tertiary/aromatic N) is 2. The summed E-state index contributed by atoms with van der Waals surface area (Å²) in [5, 5.41) is 11.5. The van der Waals surface area contributed by atoms with Crippen LogP contribution in [-0.2, 0) is 4.79 Å². The van der Waals surface area contributed by atoms with Gasteiger partial charge in [0.2, 0.25) is 0 Å². The van der Waals surface area contributed by atoms with Gasteiger partial charge in [0, 0.05) is 23.3 Å². The largest absolute Gasteiger partial charge is 0.497 e. The molecule has 1 aliphatic carbocycles. The number of carbonyl (C=O) groups is 1. The molecule has 2 aliphatic rings. The van der Waals surface area contributed by atoms with Crippen molar-refractivity contribution >= 4 is 34.2 Å². The van der Waals surface area contributed by atoms with E-state index in [4.69, 9.17) is 11.3 Å². The molecular weight excluding hydrogens is 388 g/mol. The van der Waals surface area contributed by atoms with E-state index in [-0.39, 0.29) is 5.70 Å². The first kappa shape index (κ1) is 19.2. The van der Waals surface area contributed by atoms with Crippen LogP contribution in [0.5, 0.6) is 5.75 Å². The molecule has 0 amide bonds. The van der Waals surface area contributed by atoms with Gasteiger partial charge >= 0.3 is 5.97 Å². The molecule has 2 unspecified atom stereocenters. The minimum absolute atomic E-state index is 0.261. The zero-order valence-corrected chi connectivity index (χ0v) is 17.2. The van der Waals surface area contributed by atoms with Crippen LogP contribution < -0.4 is 9.64 Å². The normalized spacial score (nSPS) is 19.7. The van der Waals surface area contributed by atoms with Crippen LogP contribution in [0.3, 0.4) is 0 Å². The van der Waals surface area contributed by atoms with E-state index in [1.54, 1.807) is 7.11 Å². The second-order valence-corrected chi connectivity index (χ2v) is 8.14. The SMILES string of the molecule is [C-]#[N+]/C(=C\c1ccc2c(c1)C1CCCC1N2c1ccc2cc(OC)ccc2c1)C(=O)O. The fourth-order valence-corrected chi connectivity index (χ4v) is 5.09. The molecule has 1 aliphatic heterocycles. The fourth-order valence-electron chi connectivity index (χ4n) is 5.09. The van der Waals surface area contributed by atoms with E-state index in [9.17, 15) is 9.90 Å². The first-order valence-electron chi connectivity index (χ1n) is 10.4. The number of aliphatic carboxylic acids is 1. The summed E-state index contributed by atoms with van der Waals surface area (Å²) in [6.07, 6.45) is 4.90. The molecule has 1 fully saturated rings. The van der Waals surface area contributed by atoms with Crippen molar-refractivity contribution in [3.05, 3.63) is 82.8 Å². The van der Waals surface area contributed by atoms with Crippen molar-refractivity contribution in [3.8, 4) is 5.75 Å². The first-order chi connectivity index (χ1) is 15.1. The minimum atomic E-state index is -1.19. The smallest absolute Gasteiger partial charge is 0.333 e. The standard InChI is InChI=1S/C26H22N2O3/c1-27-23(26(29)30)13-16-6-11-25-22(12-16)21-4-3-5-24(21)28(25)19-9-7-18-15-20(31-2)10-8-17(18)14-19/h6-15,21,24H,3-5H2,2H3,(H,29,30)/b23-13-.